The van der Waals surface area contributed by atoms with Crippen LogP contribution in [-0.4, -0.2) is 11.2 Å². The number of nitrogens with one attached hydrogen (secondary N) is 1. The van der Waals surface area contributed by atoms with E-state index in [0.717, 1.165) is 17.1 Å². The molecule has 1 aromatic carbocycles. The molecule has 4 heteroatoms. The third kappa shape index (κ3) is 3.03. The number of nitrogens with zero attached hydrogens (tertiary/aromatic N) is 2. The summed E-state index contributed by atoms with van der Waals surface area (Å²) in [6.45, 7) is 6.45. The minimum absolute atomic E-state index is 0.637. The Bertz CT molecular complexity index is 528. The molecule has 0 aliphatic carbocycles. The van der Waals surface area contributed by atoms with Crippen molar-refractivity contribution in [1.82, 2.24) is 4.98 Å². The Kier molecular flexibility index (Phi) is 3.74. The van der Waals surface area contributed by atoms with Gasteiger partial charge in [-0.3, -0.25) is 5.43 Å². The maximum Gasteiger partial charge on any atom is 0.204 e. The summed E-state index contributed by atoms with van der Waals surface area (Å²) in [5.74, 6) is 0.637. The first kappa shape index (κ1) is 12.0. The lowest BCUT2D eigenvalue weighted by atomic mass is 10.2. The maximum absolute atomic E-state index is 4.48. The molecule has 1 heterocycles. The number of aromatic nitrogens is 1. The highest BCUT2D eigenvalue weighted by Crippen LogP contribution is 2.28. The minimum Gasteiger partial charge on any atom is -0.253 e. The van der Waals surface area contributed by atoms with E-state index in [0.29, 0.717) is 5.92 Å². The van der Waals surface area contributed by atoms with E-state index < -0.39 is 0 Å². The van der Waals surface area contributed by atoms with E-state index in [1.54, 1.807) is 11.3 Å². The summed E-state index contributed by atoms with van der Waals surface area (Å²) in [5, 5.41) is 5.04. The monoisotopic (exact) mass is 247 g/mol. The molecule has 0 aliphatic rings. The van der Waals surface area contributed by atoms with Crippen molar-refractivity contribution in [3.05, 3.63) is 23.8 Å². The number of rotatable bonds is 4. The Balaban J connectivity index is 2.10. The standard InChI is InChI=1S/C13H17N3S/c1-9(2)7-8-14-16-13-15-11-6-4-5-10(3)12(11)17-13/h4-6,8-9H,7H2,1-3H3,(H,15,16)/b14-8+. The molecule has 17 heavy (non-hydrogen) atoms. The first-order valence-electron chi connectivity index (χ1n) is 5.80. The van der Waals surface area contributed by atoms with Crippen molar-refractivity contribution in [1.29, 1.82) is 0 Å². The van der Waals surface area contributed by atoms with Gasteiger partial charge < -0.3 is 0 Å². The summed E-state index contributed by atoms with van der Waals surface area (Å²) < 4.78 is 1.23. The zero-order valence-electron chi connectivity index (χ0n) is 10.4. The van der Waals surface area contributed by atoms with Gasteiger partial charge in [-0.15, -0.1) is 0 Å². The van der Waals surface area contributed by atoms with Crippen LogP contribution in [0.1, 0.15) is 25.8 Å². The average molecular weight is 247 g/mol. The highest BCUT2D eigenvalue weighted by atomic mass is 32.1. The number of aryl methyl sites for hydroxylation is 1. The lowest BCUT2D eigenvalue weighted by Crippen LogP contribution is -1.91. The third-order valence-electron chi connectivity index (χ3n) is 2.44. The van der Waals surface area contributed by atoms with E-state index in [1.165, 1.54) is 10.3 Å². The van der Waals surface area contributed by atoms with Crippen molar-refractivity contribution in [2.24, 2.45) is 11.0 Å². The first-order valence-corrected chi connectivity index (χ1v) is 6.62. The van der Waals surface area contributed by atoms with Crippen LogP contribution < -0.4 is 5.43 Å². The van der Waals surface area contributed by atoms with Gasteiger partial charge in [0.15, 0.2) is 0 Å². The third-order valence-corrected chi connectivity index (χ3v) is 3.55. The highest BCUT2D eigenvalue weighted by molar-refractivity contribution is 7.22. The van der Waals surface area contributed by atoms with Crippen molar-refractivity contribution < 1.29 is 0 Å². The van der Waals surface area contributed by atoms with Crippen LogP contribution in [0.2, 0.25) is 0 Å². The molecule has 0 fully saturated rings. The van der Waals surface area contributed by atoms with Crippen LogP contribution in [-0.2, 0) is 0 Å². The van der Waals surface area contributed by atoms with Gasteiger partial charge in [-0.1, -0.05) is 37.3 Å². The van der Waals surface area contributed by atoms with E-state index in [4.69, 9.17) is 0 Å². The topological polar surface area (TPSA) is 37.3 Å². The zero-order valence-corrected chi connectivity index (χ0v) is 11.2. The van der Waals surface area contributed by atoms with Crippen LogP contribution in [0.3, 0.4) is 0 Å². The summed E-state index contributed by atoms with van der Waals surface area (Å²) in [7, 11) is 0. The molecular formula is C13H17N3S. The Morgan fingerprint density at radius 1 is 1.47 bits per heavy atom. The molecule has 0 atom stereocenters. The second-order valence-electron chi connectivity index (χ2n) is 4.50. The number of hydrazone groups is 1. The molecular weight excluding hydrogens is 230 g/mol. The van der Waals surface area contributed by atoms with E-state index >= 15 is 0 Å². The minimum atomic E-state index is 0.637. The number of hydrogen-bond donors (Lipinski definition) is 1. The molecule has 0 unspecified atom stereocenters. The second-order valence-corrected chi connectivity index (χ2v) is 5.49. The largest absolute Gasteiger partial charge is 0.253 e. The summed E-state index contributed by atoms with van der Waals surface area (Å²) >= 11 is 1.65. The number of benzene rings is 1. The van der Waals surface area contributed by atoms with E-state index in [-0.39, 0.29) is 0 Å². The van der Waals surface area contributed by atoms with Gasteiger partial charge in [-0.2, -0.15) is 5.10 Å². The van der Waals surface area contributed by atoms with Gasteiger partial charge >= 0.3 is 0 Å². The molecule has 0 amide bonds. The predicted octanol–water partition coefficient (Wildman–Crippen LogP) is 4.05. The Hall–Kier alpha value is -1.42. The van der Waals surface area contributed by atoms with Gasteiger partial charge in [0.1, 0.15) is 0 Å². The summed E-state index contributed by atoms with van der Waals surface area (Å²) in [6.07, 6.45) is 2.89. The molecule has 0 bridgehead atoms. The number of hydrogen-bond acceptors (Lipinski definition) is 4. The SMILES string of the molecule is Cc1cccc2nc(N/N=C/CC(C)C)sc12. The average Bonchev–Trinajstić information content (AvgIpc) is 2.69. The molecule has 2 rings (SSSR count). The van der Waals surface area contributed by atoms with Crippen LogP contribution in [0.4, 0.5) is 5.13 Å². The van der Waals surface area contributed by atoms with Crippen LogP contribution in [0.15, 0.2) is 23.3 Å². The Morgan fingerprint density at radius 2 is 2.29 bits per heavy atom. The highest BCUT2D eigenvalue weighted by Gasteiger charge is 2.04. The molecule has 2 aromatic rings. The molecule has 0 saturated carbocycles. The van der Waals surface area contributed by atoms with Crippen molar-refractivity contribution in [2.45, 2.75) is 27.2 Å². The van der Waals surface area contributed by atoms with E-state index in [9.17, 15) is 0 Å². The second kappa shape index (κ2) is 5.27. The van der Waals surface area contributed by atoms with Crippen molar-refractivity contribution in [3.63, 3.8) is 0 Å². The first-order chi connectivity index (χ1) is 8.16. The molecule has 90 valence electrons. The van der Waals surface area contributed by atoms with Gasteiger partial charge in [-0.05, 0) is 30.9 Å². The van der Waals surface area contributed by atoms with Gasteiger partial charge in [0.25, 0.3) is 0 Å². The fraction of sp³-hybridized carbons (Fsp3) is 0.385. The van der Waals surface area contributed by atoms with Crippen LogP contribution in [0, 0.1) is 12.8 Å². The number of anilines is 1. The fourth-order valence-corrected chi connectivity index (χ4v) is 2.38. The van der Waals surface area contributed by atoms with E-state index in [2.05, 4.69) is 42.3 Å². The van der Waals surface area contributed by atoms with Crippen molar-refractivity contribution >= 4 is 32.9 Å². The zero-order chi connectivity index (χ0) is 12.3. The Labute approximate surface area is 106 Å². The van der Waals surface area contributed by atoms with Crippen molar-refractivity contribution in [3.8, 4) is 0 Å². The lowest BCUT2D eigenvalue weighted by Gasteiger charge is -1.96. The summed E-state index contributed by atoms with van der Waals surface area (Å²) in [4.78, 5) is 4.48. The van der Waals surface area contributed by atoms with E-state index in [1.807, 2.05) is 18.3 Å². The quantitative estimate of drug-likeness (QED) is 0.653. The lowest BCUT2D eigenvalue weighted by molar-refractivity contribution is 0.690. The summed E-state index contributed by atoms with van der Waals surface area (Å²) in [6, 6.07) is 6.16. The van der Waals surface area contributed by atoms with Crippen molar-refractivity contribution in [2.75, 3.05) is 5.43 Å². The molecule has 0 radical (unpaired) electrons. The van der Waals surface area contributed by atoms with Crippen LogP contribution in [0.5, 0.6) is 0 Å². The molecule has 0 aliphatic heterocycles. The molecule has 3 nitrogen and oxygen atoms in total. The van der Waals surface area contributed by atoms with Crippen LogP contribution >= 0.6 is 11.3 Å². The number of fused-ring (bicyclic) bond motifs is 1. The van der Waals surface area contributed by atoms with Crippen LogP contribution in [0.25, 0.3) is 10.2 Å². The predicted molar refractivity (Wildman–Crippen MR) is 75.9 cm³/mol. The van der Waals surface area contributed by atoms with Gasteiger partial charge in [0.05, 0.1) is 10.2 Å². The smallest absolute Gasteiger partial charge is 0.204 e. The maximum atomic E-state index is 4.48. The van der Waals surface area contributed by atoms with Gasteiger partial charge in [-0.25, -0.2) is 4.98 Å². The normalized spacial score (nSPS) is 11.8. The Morgan fingerprint density at radius 3 is 3.00 bits per heavy atom. The summed E-state index contributed by atoms with van der Waals surface area (Å²) in [5.41, 5.74) is 5.30. The van der Waals surface area contributed by atoms with Gasteiger partial charge in [0, 0.05) is 6.21 Å². The van der Waals surface area contributed by atoms with Gasteiger partial charge in [0.2, 0.25) is 5.13 Å². The molecule has 1 N–H and O–H groups in total. The molecule has 0 saturated heterocycles. The molecule has 1 aromatic heterocycles. The fourth-order valence-electron chi connectivity index (χ4n) is 1.50. The molecule has 0 spiro atoms. The number of thiazole rings is 1.